The summed E-state index contributed by atoms with van der Waals surface area (Å²) in [5.41, 5.74) is 0. The van der Waals surface area contributed by atoms with Crippen molar-refractivity contribution < 1.29 is 18.1 Å². The maximum absolute atomic E-state index is 13.1. The number of phosphoric ester groups is 1. The van der Waals surface area contributed by atoms with E-state index in [0.29, 0.717) is 38.5 Å². The lowest BCUT2D eigenvalue weighted by atomic mass is 10.4. The zero-order valence-corrected chi connectivity index (χ0v) is 21.0. The summed E-state index contributed by atoms with van der Waals surface area (Å²) in [5, 5.41) is 0. The summed E-state index contributed by atoms with van der Waals surface area (Å²) in [4.78, 5) is 0. The molecule has 0 spiro atoms. The smallest absolute Gasteiger partial charge is 0.253 e. The van der Waals surface area contributed by atoms with Crippen LogP contribution in [0.15, 0.2) is 0 Å². The van der Waals surface area contributed by atoms with E-state index in [-0.39, 0.29) is 0 Å². The fourth-order valence-corrected chi connectivity index (χ4v) is 7.04. The zero-order chi connectivity index (χ0) is 18.4. The average molecular weight is 606 g/mol. The van der Waals surface area contributed by atoms with Gasteiger partial charge in [-0.2, -0.15) is 0 Å². The Kier molecular flexibility index (Phi) is 11.8. The van der Waals surface area contributed by atoms with Gasteiger partial charge in [-0.3, -0.25) is 13.6 Å². The molecular weight excluding hydrogens is 585 g/mol. The summed E-state index contributed by atoms with van der Waals surface area (Å²) in [6.07, 6.45) is 3.13. The maximum Gasteiger partial charge on any atom is 0.481 e. The van der Waals surface area contributed by atoms with Gasteiger partial charge >= 0.3 is 7.82 Å². The summed E-state index contributed by atoms with van der Waals surface area (Å²) >= 11 is 28.0. The normalized spacial score (nSPS) is 22.7. The van der Waals surface area contributed by atoms with Crippen LogP contribution in [0, 0.1) is 0 Å². The van der Waals surface area contributed by atoms with E-state index in [9.17, 15) is 4.57 Å². The van der Waals surface area contributed by atoms with Crippen LogP contribution >= 0.6 is 90.4 Å². The Labute approximate surface area is 178 Å². The number of phosphoric acid groups is 1. The molecule has 140 valence electrons. The molecule has 0 bridgehead atoms. The Balaban J connectivity index is 5.39. The molecule has 0 aliphatic rings. The van der Waals surface area contributed by atoms with Crippen molar-refractivity contribution in [2.24, 2.45) is 0 Å². The fraction of sp³-hybridized carbons (Fsp3) is 1.00. The molecule has 0 aromatic carbocycles. The minimum absolute atomic E-state index is 0.363. The molecule has 11 heteroatoms. The third-order valence-corrected chi connectivity index (χ3v) is 7.51. The van der Waals surface area contributed by atoms with Gasteiger partial charge in [0.15, 0.2) is 0 Å². The SMILES string of the molecule is CCCC(Cl)(Br)OP(=O)(OC(Cl)(Br)CCC)OC(Cl)(Br)CCC. The Bertz CT molecular complexity index is 354. The molecule has 0 heterocycles. The van der Waals surface area contributed by atoms with Crippen molar-refractivity contribution in [2.75, 3.05) is 0 Å². The van der Waals surface area contributed by atoms with E-state index in [0.717, 1.165) is 0 Å². The molecule has 23 heavy (non-hydrogen) atoms. The van der Waals surface area contributed by atoms with Crippen LogP contribution in [0.3, 0.4) is 0 Å². The topological polar surface area (TPSA) is 44.8 Å². The summed E-state index contributed by atoms with van der Waals surface area (Å²) < 4.78 is 25.0. The van der Waals surface area contributed by atoms with Gasteiger partial charge in [0, 0.05) is 19.3 Å². The summed E-state index contributed by atoms with van der Waals surface area (Å²) in [7, 11) is -4.21. The lowest BCUT2D eigenvalue weighted by Crippen LogP contribution is -2.26. The van der Waals surface area contributed by atoms with Gasteiger partial charge in [0.1, 0.15) is 0 Å². The van der Waals surface area contributed by atoms with Gasteiger partial charge in [-0.15, -0.1) is 0 Å². The third-order valence-electron chi connectivity index (χ3n) is 2.36. The highest BCUT2D eigenvalue weighted by Crippen LogP contribution is 2.64. The van der Waals surface area contributed by atoms with Gasteiger partial charge in [-0.25, -0.2) is 4.57 Å². The molecule has 4 nitrogen and oxygen atoms in total. The van der Waals surface area contributed by atoms with E-state index in [1.807, 2.05) is 20.8 Å². The average Bonchev–Trinajstić information content (AvgIpc) is 2.23. The minimum atomic E-state index is -4.21. The number of halogens is 6. The van der Waals surface area contributed by atoms with E-state index < -0.39 is 19.7 Å². The number of alkyl halides is 6. The fourth-order valence-electron chi connectivity index (χ4n) is 1.56. The van der Waals surface area contributed by atoms with Crippen molar-refractivity contribution in [2.45, 2.75) is 71.2 Å². The first-order chi connectivity index (χ1) is 10.3. The predicted molar refractivity (Wildman–Crippen MR) is 108 cm³/mol. The highest BCUT2D eigenvalue weighted by atomic mass is 79.9. The second-order valence-electron chi connectivity index (χ2n) is 4.88. The van der Waals surface area contributed by atoms with E-state index in [2.05, 4.69) is 47.8 Å². The second kappa shape index (κ2) is 10.7. The quantitative estimate of drug-likeness (QED) is 0.165. The Morgan fingerprint density at radius 1 is 0.739 bits per heavy atom. The second-order valence-corrected chi connectivity index (χ2v) is 13.4. The van der Waals surface area contributed by atoms with E-state index in [4.69, 9.17) is 48.4 Å². The van der Waals surface area contributed by atoms with Crippen molar-refractivity contribution >= 4 is 90.4 Å². The van der Waals surface area contributed by atoms with Crippen LogP contribution in [0.25, 0.3) is 0 Å². The summed E-state index contributed by atoms with van der Waals surface area (Å²) in [5.74, 6) is 0. The van der Waals surface area contributed by atoms with Crippen LogP contribution < -0.4 is 0 Å². The highest BCUT2D eigenvalue weighted by Gasteiger charge is 2.47. The Morgan fingerprint density at radius 2 is 0.957 bits per heavy atom. The standard InChI is InChI=1S/C12H21Br3Cl3O4P/c1-4-7-10(13,16)20-23(19,21-11(14,17)8-5-2)22-12(15,18)9-6-3/h4-9H2,1-3H3. The van der Waals surface area contributed by atoms with Crippen LogP contribution in [-0.2, 0) is 18.1 Å². The van der Waals surface area contributed by atoms with Gasteiger partial charge in [-0.1, -0.05) is 74.8 Å². The molecule has 0 amide bonds. The lowest BCUT2D eigenvalue weighted by Gasteiger charge is -2.33. The molecule has 0 aliphatic heterocycles. The molecule has 3 unspecified atom stereocenters. The summed E-state index contributed by atoms with van der Waals surface area (Å²) in [6.45, 7) is 5.69. The first-order valence-corrected chi connectivity index (χ1v) is 12.1. The van der Waals surface area contributed by atoms with E-state index in [1.165, 1.54) is 0 Å². The van der Waals surface area contributed by atoms with Crippen molar-refractivity contribution in [1.82, 2.24) is 0 Å². The molecule has 0 fully saturated rings. The maximum atomic E-state index is 13.1. The first-order valence-electron chi connectivity index (χ1n) is 7.16. The molecule has 0 aliphatic carbocycles. The van der Waals surface area contributed by atoms with Gasteiger partial charge in [0.2, 0.25) is 11.9 Å². The Morgan fingerprint density at radius 3 is 1.13 bits per heavy atom. The molecule has 0 saturated carbocycles. The minimum Gasteiger partial charge on any atom is -0.253 e. The van der Waals surface area contributed by atoms with E-state index in [1.54, 1.807) is 0 Å². The molecule has 0 radical (unpaired) electrons. The molecule has 0 aromatic heterocycles. The third kappa shape index (κ3) is 11.7. The van der Waals surface area contributed by atoms with Gasteiger partial charge in [0.05, 0.1) is 0 Å². The monoisotopic (exact) mass is 602 g/mol. The van der Waals surface area contributed by atoms with Crippen LogP contribution in [-0.4, -0.2) is 11.9 Å². The van der Waals surface area contributed by atoms with Gasteiger partial charge in [-0.05, 0) is 47.8 Å². The number of hydrogen-bond donors (Lipinski definition) is 0. The largest absolute Gasteiger partial charge is 0.481 e. The highest BCUT2D eigenvalue weighted by molar-refractivity contribution is 9.10. The molecule has 3 atom stereocenters. The van der Waals surface area contributed by atoms with E-state index >= 15 is 0 Å². The van der Waals surface area contributed by atoms with Crippen LogP contribution in [0.5, 0.6) is 0 Å². The first kappa shape index (κ1) is 25.4. The number of rotatable bonds is 12. The molecule has 0 aromatic rings. The predicted octanol–water partition coefficient (Wildman–Crippen LogP) is 8.41. The Hall–Kier alpha value is 2.42. The van der Waals surface area contributed by atoms with Crippen LogP contribution in [0.2, 0.25) is 0 Å². The summed E-state index contributed by atoms with van der Waals surface area (Å²) in [6, 6.07) is 0. The zero-order valence-electron chi connectivity index (χ0n) is 13.1. The number of hydrogen-bond acceptors (Lipinski definition) is 4. The van der Waals surface area contributed by atoms with Crippen LogP contribution in [0.4, 0.5) is 0 Å². The van der Waals surface area contributed by atoms with Gasteiger partial charge in [0.25, 0.3) is 0 Å². The van der Waals surface area contributed by atoms with Crippen molar-refractivity contribution in [3.8, 4) is 0 Å². The molecular formula is C12H21Br3Cl3O4P. The van der Waals surface area contributed by atoms with Gasteiger partial charge < -0.3 is 0 Å². The molecule has 0 saturated heterocycles. The van der Waals surface area contributed by atoms with Crippen molar-refractivity contribution in [3.05, 3.63) is 0 Å². The van der Waals surface area contributed by atoms with Crippen LogP contribution in [0.1, 0.15) is 59.3 Å². The van der Waals surface area contributed by atoms with Crippen molar-refractivity contribution in [1.29, 1.82) is 0 Å². The molecule has 0 rings (SSSR count). The lowest BCUT2D eigenvalue weighted by molar-refractivity contribution is 0.0597. The van der Waals surface area contributed by atoms with Crippen molar-refractivity contribution in [3.63, 3.8) is 0 Å². The molecule has 0 N–H and O–H groups in total.